The molecule has 1 heterocycles. The highest BCUT2D eigenvalue weighted by molar-refractivity contribution is 5.76. The van der Waals surface area contributed by atoms with Crippen molar-refractivity contribution in [2.24, 2.45) is 7.05 Å². The third-order valence-corrected chi connectivity index (χ3v) is 3.25. The van der Waals surface area contributed by atoms with Gasteiger partial charge in [-0.2, -0.15) is 0 Å². The second kappa shape index (κ2) is 4.39. The molecule has 4 heteroatoms. The lowest BCUT2D eigenvalue weighted by Crippen LogP contribution is -1.99. The van der Waals surface area contributed by atoms with E-state index in [9.17, 15) is 4.39 Å². The molecule has 0 saturated heterocycles. The maximum Gasteiger partial charge on any atom is 0.125 e. The molecule has 2 N–H and O–H groups in total. The van der Waals surface area contributed by atoms with Crippen LogP contribution in [0.5, 0.6) is 0 Å². The van der Waals surface area contributed by atoms with E-state index in [4.69, 9.17) is 5.73 Å². The fourth-order valence-corrected chi connectivity index (χ4v) is 2.26. The van der Waals surface area contributed by atoms with Crippen LogP contribution in [-0.4, -0.2) is 9.55 Å². The number of fused-ring (bicyclic) bond motifs is 1. The van der Waals surface area contributed by atoms with Crippen LogP contribution in [0.25, 0.3) is 11.0 Å². The third kappa shape index (κ3) is 2.17. The Balaban J connectivity index is 2.04. The van der Waals surface area contributed by atoms with Crippen LogP contribution in [0.4, 0.5) is 10.1 Å². The first-order valence-electron chi connectivity index (χ1n) is 6.09. The van der Waals surface area contributed by atoms with Crippen molar-refractivity contribution in [3.63, 3.8) is 0 Å². The number of hydrogen-bond donors (Lipinski definition) is 1. The van der Waals surface area contributed by atoms with Crippen LogP contribution in [0.15, 0.2) is 42.5 Å². The average Bonchev–Trinajstić information content (AvgIpc) is 2.67. The van der Waals surface area contributed by atoms with E-state index in [0.29, 0.717) is 6.42 Å². The van der Waals surface area contributed by atoms with Gasteiger partial charge in [0.15, 0.2) is 0 Å². The van der Waals surface area contributed by atoms with E-state index >= 15 is 0 Å². The van der Waals surface area contributed by atoms with E-state index in [-0.39, 0.29) is 5.82 Å². The number of hydrogen-bond acceptors (Lipinski definition) is 2. The number of nitrogens with two attached hydrogens (primary N) is 1. The van der Waals surface area contributed by atoms with E-state index in [1.807, 2.05) is 35.9 Å². The van der Waals surface area contributed by atoms with Gasteiger partial charge in [0.25, 0.3) is 0 Å². The fourth-order valence-electron chi connectivity index (χ4n) is 2.26. The Morgan fingerprint density at radius 2 is 2.05 bits per heavy atom. The van der Waals surface area contributed by atoms with E-state index in [1.165, 1.54) is 12.1 Å². The molecule has 0 unspecified atom stereocenters. The Bertz CT molecular complexity index is 746. The van der Waals surface area contributed by atoms with Gasteiger partial charge in [-0.15, -0.1) is 0 Å². The zero-order valence-electron chi connectivity index (χ0n) is 10.6. The van der Waals surface area contributed by atoms with Gasteiger partial charge >= 0.3 is 0 Å². The highest BCUT2D eigenvalue weighted by atomic mass is 19.1. The first kappa shape index (κ1) is 11.7. The quantitative estimate of drug-likeness (QED) is 0.715. The van der Waals surface area contributed by atoms with Gasteiger partial charge in [0.2, 0.25) is 0 Å². The maximum absolute atomic E-state index is 13.2. The van der Waals surface area contributed by atoms with Crippen LogP contribution in [0, 0.1) is 5.82 Å². The molecule has 19 heavy (non-hydrogen) atoms. The highest BCUT2D eigenvalue weighted by Crippen LogP contribution is 2.19. The van der Waals surface area contributed by atoms with E-state index in [2.05, 4.69) is 4.98 Å². The van der Waals surface area contributed by atoms with Crippen LogP contribution in [-0.2, 0) is 13.5 Å². The molecule has 2 aromatic carbocycles. The molecule has 0 aliphatic heterocycles. The van der Waals surface area contributed by atoms with Crippen LogP contribution < -0.4 is 5.73 Å². The SMILES string of the molecule is Cn1c(Cc2cccc(N)c2)nc2ccc(F)cc21. The van der Waals surface area contributed by atoms with Gasteiger partial charge in [0, 0.05) is 19.2 Å². The van der Waals surface area contributed by atoms with Crippen LogP contribution >= 0.6 is 0 Å². The normalized spacial score (nSPS) is 11.1. The van der Waals surface area contributed by atoms with Gasteiger partial charge < -0.3 is 10.3 Å². The molecule has 96 valence electrons. The molecule has 0 amide bonds. The number of benzene rings is 2. The first-order valence-corrected chi connectivity index (χ1v) is 6.09. The van der Waals surface area contributed by atoms with Crippen LogP contribution in [0.2, 0.25) is 0 Å². The maximum atomic E-state index is 13.2. The average molecular weight is 255 g/mol. The minimum absolute atomic E-state index is 0.244. The number of rotatable bonds is 2. The monoisotopic (exact) mass is 255 g/mol. The molecule has 0 bridgehead atoms. The third-order valence-electron chi connectivity index (χ3n) is 3.25. The molecular formula is C15H14FN3. The van der Waals surface area contributed by atoms with Crippen LogP contribution in [0.1, 0.15) is 11.4 Å². The Kier molecular flexibility index (Phi) is 2.71. The second-order valence-corrected chi connectivity index (χ2v) is 4.64. The summed E-state index contributed by atoms with van der Waals surface area (Å²) in [5, 5.41) is 0. The molecule has 0 radical (unpaired) electrons. The van der Waals surface area contributed by atoms with Gasteiger partial charge in [0.1, 0.15) is 11.6 Å². The number of halogens is 1. The predicted octanol–water partition coefficient (Wildman–Crippen LogP) is 2.89. The Morgan fingerprint density at radius 1 is 1.21 bits per heavy atom. The Hall–Kier alpha value is -2.36. The molecule has 1 aromatic heterocycles. The molecular weight excluding hydrogens is 241 g/mol. The van der Waals surface area contributed by atoms with Gasteiger partial charge in [0.05, 0.1) is 11.0 Å². The van der Waals surface area contributed by atoms with E-state index in [1.54, 1.807) is 6.07 Å². The topological polar surface area (TPSA) is 43.8 Å². The zero-order chi connectivity index (χ0) is 13.4. The Morgan fingerprint density at radius 3 is 2.84 bits per heavy atom. The number of imidazole rings is 1. The summed E-state index contributed by atoms with van der Waals surface area (Å²) >= 11 is 0. The summed E-state index contributed by atoms with van der Waals surface area (Å²) < 4.78 is 15.2. The number of nitrogen functional groups attached to an aromatic ring is 1. The first-order chi connectivity index (χ1) is 9.13. The molecule has 3 nitrogen and oxygen atoms in total. The van der Waals surface area contributed by atoms with E-state index in [0.717, 1.165) is 28.1 Å². The number of nitrogens with zero attached hydrogens (tertiary/aromatic N) is 2. The number of aryl methyl sites for hydroxylation is 1. The van der Waals surface area contributed by atoms with Crippen molar-refractivity contribution in [1.29, 1.82) is 0 Å². The predicted molar refractivity (Wildman–Crippen MR) is 74.3 cm³/mol. The zero-order valence-corrected chi connectivity index (χ0v) is 10.6. The van der Waals surface area contributed by atoms with Crippen molar-refractivity contribution in [2.45, 2.75) is 6.42 Å². The smallest absolute Gasteiger partial charge is 0.125 e. The lowest BCUT2D eigenvalue weighted by molar-refractivity contribution is 0.628. The molecule has 0 aliphatic carbocycles. The molecule has 0 fully saturated rings. The highest BCUT2D eigenvalue weighted by Gasteiger charge is 2.09. The van der Waals surface area contributed by atoms with Crippen molar-refractivity contribution >= 4 is 16.7 Å². The minimum atomic E-state index is -0.244. The van der Waals surface area contributed by atoms with Crippen molar-refractivity contribution < 1.29 is 4.39 Å². The molecule has 0 saturated carbocycles. The molecule has 0 spiro atoms. The lowest BCUT2D eigenvalue weighted by Gasteiger charge is -2.03. The standard InChI is InChI=1S/C15H14FN3/c1-19-14-9-11(16)5-6-13(14)18-15(19)8-10-3-2-4-12(17)7-10/h2-7,9H,8,17H2,1H3. The second-order valence-electron chi connectivity index (χ2n) is 4.64. The molecule has 3 aromatic rings. The molecule has 0 aliphatic rings. The van der Waals surface area contributed by atoms with Gasteiger partial charge in [-0.1, -0.05) is 12.1 Å². The molecule has 0 atom stereocenters. The van der Waals surface area contributed by atoms with Gasteiger partial charge in [-0.05, 0) is 35.9 Å². The van der Waals surface area contributed by atoms with Crippen molar-refractivity contribution in [2.75, 3.05) is 5.73 Å². The van der Waals surface area contributed by atoms with Crippen LogP contribution in [0.3, 0.4) is 0 Å². The summed E-state index contributed by atoms with van der Waals surface area (Å²) in [5.41, 5.74) is 9.22. The van der Waals surface area contributed by atoms with Crippen molar-refractivity contribution in [1.82, 2.24) is 9.55 Å². The fraction of sp³-hybridized carbons (Fsp3) is 0.133. The van der Waals surface area contributed by atoms with Crippen molar-refractivity contribution in [3.05, 3.63) is 59.7 Å². The largest absolute Gasteiger partial charge is 0.399 e. The van der Waals surface area contributed by atoms with Gasteiger partial charge in [-0.3, -0.25) is 0 Å². The summed E-state index contributed by atoms with van der Waals surface area (Å²) in [6.45, 7) is 0. The Labute approximate surface area is 110 Å². The minimum Gasteiger partial charge on any atom is -0.399 e. The lowest BCUT2D eigenvalue weighted by atomic mass is 10.1. The summed E-state index contributed by atoms with van der Waals surface area (Å²) in [5.74, 6) is 0.650. The molecule has 3 rings (SSSR count). The van der Waals surface area contributed by atoms with Crippen molar-refractivity contribution in [3.8, 4) is 0 Å². The van der Waals surface area contributed by atoms with Gasteiger partial charge in [-0.25, -0.2) is 9.37 Å². The summed E-state index contributed by atoms with van der Waals surface area (Å²) in [6, 6.07) is 12.4. The number of aromatic nitrogens is 2. The number of anilines is 1. The van der Waals surface area contributed by atoms with E-state index < -0.39 is 0 Å². The summed E-state index contributed by atoms with van der Waals surface area (Å²) in [7, 11) is 1.90. The summed E-state index contributed by atoms with van der Waals surface area (Å²) in [4.78, 5) is 4.53. The summed E-state index contributed by atoms with van der Waals surface area (Å²) in [6.07, 6.45) is 0.678.